The monoisotopic (exact) mass is 226 g/mol. The average molecular weight is 226 g/mol. The van der Waals surface area contributed by atoms with Crippen LogP contribution in [0.15, 0.2) is 12.7 Å². The van der Waals surface area contributed by atoms with Gasteiger partial charge in [0.25, 0.3) is 0 Å². The SMILES string of the molecule is C=CCN(CCCC(CC)CCN)C(C)C. The average Bonchev–Trinajstić information content (AvgIpc) is 2.26. The summed E-state index contributed by atoms with van der Waals surface area (Å²) in [6.45, 7) is 13.6. The molecule has 0 aromatic heterocycles. The minimum Gasteiger partial charge on any atom is -0.330 e. The fourth-order valence-electron chi connectivity index (χ4n) is 2.10. The van der Waals surface area contributed by atoms with Crippen molar-refractivity contribution in [2.24, 2.45) is 11.7 Å². The summed E-state index contributed by atoms with van der Waals surface area (Å²) in [6.07, 6.45) is 7.04. The molecule has 0 bridgehead atoms. The van der Waals surface area contributed by atoms with Gasteiger partial charge in [-0.2, -0.15) is 0 Å². The normalized spacial score (nSPS) is 13.4. The second-order valence-corrected chi connectivity index (χ2v) is 4.87. The van der Waals surface area contributed by atoms with Gasteiger partial charge in [0.05, 0.1) is 0 Å². The molecule has 1 atom stereocenters. The predicted octanol–water partition coefficient (Wildman–Crippen LogP) is 3.04. The van der Waals surface area contributed by atoms with Crippen molar-refractivity contribution in [2.45, 2.75) is 52.5 Å². The largest absolute Gasteiger partial charge is 0.330 e. The molecule has 96 valence electrons. The minimum absolute atomic E-state index is 0.618. The summed E-state index contributed by atoms with van der Waals surface area (Å²) in [7, 11) is 0. The predicted molar refractivity (Wildman–Crippen MR) is 73.6 cm³/mol. The molecular weight excluding hydrogens is 196 g/mol. The van der Waals surface area contributed by atoms with Crippen molar-refractivity contribution in [2.75, 3.05) is 19.6 Å². The Morgan fingerprint density at radius 2 is 2.00 bits per heavy atom. The van der Waals surface area contributed by atoms with Crippen LogP contribution in [0.3, 0.4) is 0 Å². The van der Waals surface area contributed by atoms with Crippen molar-refractivity contribution in [3.05, 3.63) is 12.7 Å². The topological polar surface area (TPSA) is 29.3 Å². The van der Waals surface area contributed by atoms with Crippen molar-refractivity contribution < 1.29 is 0 Å². The number of nitrogens with two attached hydrogens (primary N) is 1. The molecular formula is C14H30N2. The third-order valence-corrected chi connectivity index (χ3v) is 3.30. The van der Waals surface area contributed by atoms with Crippen LogP contribution < -0.4 is 5.73 Å². The van der Waals surface area contributed by atoms with Gasteiger partial charge >= 0.3 is 0 Å². The molecule has 0 spiro atoms. The Hall–Kier alpha value is -0.340. The van der Waals surface area contributed by atoms with Crippen LogP contribution in [0, 0.1) is 5.92 Å². The fourth-order valence-corrected chi connectivity index (χ4v) is 2.10. The summed E-state index contributed by atoms with van der Waals surface area (Å²) in [5.41, 5.74) is 5.61. The zero-order valence-electron chi connectivity index (χ0n) is 11.4. The first-order chi connectivity index (χ1) is 7.65. The lowest BCUT2D eigenvalue weighted by atomic mass is 9.96. The molecule has 2 heteroatoms. The van der Waals surface area contributed by atoms with Crippen molar-refractivity contribution in [1.82, 2.24) is 4.90 Å². The lowest BCUT2D eigenvalue weighted by Crippen LogP contribution is -2.32. The van der Waals surface area contributed by atoms with Crippen LogP contribution in [0.25, 0.3) is 0 Å². The maximum absolute atomic E-state index is 5.61. The molecule has 2 nitrogen and oxygen atoms in total. The fraction of sp³-hybridized carbons (Fsp3) is 0.857. The summed E-state index contributed by atoms with van der Waals surface area (Å²) in [6, 6.07) is 0.618. The third kappa shape index (κ3) is 7.02. The van der Waals surface area contributed by atoms with Crippen LogP contribution in [-0.4, -0.2) is 30.6 Å². The molecule has 0 rings (SSSR count). The number of hydrogen-bond donors (Lipinski definition) is 1. The highest BCUT2D eigenvalue weighted by atomic mass is 15.1. The van der Waals surface area contributed by atoms with Gasteiger partial charge in [-0.1, -0.05) is 19.4 Å². The second-order valence-electron chi connectivity index (χ2n) is 4.87. The molecule has 0 aromatic rings. The number of hydrogen-bond acceptors (Lipinski definition) is 2. The van der Waals surface area contributed by atoms with Crippen molar-refractivity contribution in [1.29, 1.82) is 0 Å². The van der Waals surface area contributed by atoms with E-state index < -0.39 is 0 Å². The van der Waals surface area contributed by atoms with Crippen molar-refractivity contribution in [3.8, 4) is 0 Å². The summed E-state index contributed by atoms with van der Waals surface area (Å²) in [5.74, 6) is 0.822. The van der Waals surface area contributed by atoms with Gasteiger partial charge in [0, 0.05) is 12.6 Å². The van der Waals surface area contributed by atoms with Crippen molar-refractivity contribution in [3.63, 3.8) is 0 Å². The Balaban J connectivity index is 3.78. The van der Waals surface area contributed by atoms with Gasteiger partial charge in [-0.25, -0.2) is 0 Å². The highest BCUT2D eigenvalue weighted by molar-refractivity contribution is 4.75. The summed E-state index contributed by atoms with van der Waals surface area (Å²) >= 11 is 0. The van der Waals surface area contributed by atoms with E-state index in [1.54, 1.807) is 0 Å². The van der Waals surface area contributed by atoms with E-state index in [0.717, 1.165) is 19.0 Å². The van der Waals surface area contributed by atoms with Crippen LogP contribution >= 0.6 is 0 Å². The molecule has 0 aliphatic heterocycles. The molecule has 0 saturated carbocycles. The first kappa shape index (κ1) is 15.7. The highest BCUT2D eigenvalue weighted by Gasteiger charge is 2.09. The third-order valence-electron chi connectivity index (χ3n) is 3.30. The molecule has 2 N–H and O–H groups in total. The van der Waals surface area contributed by atoms with Gasteiger partial charge in [-0.3, -0.25) is 4.90 Å². The van der Waals surface area contributed by atoms with Gasteiger partial charge in [0.2, 0.25) is 0 Å². The highest BCUT2D eigenvalue weighted by Crippen LogP contribution is 2.15. The smallest absolute Gasteiger partial charge is 0.0163 e. The van der Waals surface area contributed by atoms with E-state index in [1.807, 2.05) is 6.08 Å². The quantitative estimate of drug-likeness (QED) is 0.580. The first-order valence-corrected chi connectivity index (χ1v) is 6.70. The maximum Gasteiger partial charge on any atom is 0.0163 e. The van der Waals surface area contributed by atoms with E-state index in [-0.39, 0.29) is 0 Å². The number of nitrogens with zero attached hydrogens (tertiary/aromatic N) is 1. The molecule has 1 unspecified atom stereocenters. The second kappa shape index (κ2) is 9.86. The van der Waals surface area contributed by atoms with E-state index in [0.29, 0.717) is 6.04 Å². The van der Waals surface area contributed by atoms with E-state index in [4.69, 9.17) is 5.73 Å². The number of rotatable bonds is 10. The van der Waals surface area contributed by atoms with E-state index >= 15 is 0 Å². The van der Waals surface area contributed by atoms with Gasteiger partial charge in [-0.15, -0.1) is 6.58 Å². The van der Waals surface area contributed by atoms with E-state index in [1.165, 1.54) is 32.2 Å². The Kier molecular flexibility index (Phi) is 9.65. The molecule has 16 heavy (non-hydrogen) atoms. The molecule has 0 radical (unpaired) electrons. The van der Waals surface area contributed by atoms with Crippen LogP contribution in [-0.2, 0) is 0 Å². The molecule has 0 aliphatic carbocycles. The maximum atomic E-state index is 5.61. The van der Waals surface area contributed by atoms with Gasteiger partial charge in [-0.05, 0) is 52.1 Å². The van der Waals surface area contributed by atoms with E-state index in [2.05, 4.69) is 32.3 Å². The molecule has 0 amide bonds. The zero-order chi connectivity index (χ0) is 12.4. The molecule has 0 saturated heterocycles. The molecule has 0 fully saturated rings. The zero-order valence-corrected chi connectivity index (χ0v) is 11.4. The lowest BCUT2D eigenvalue weighted by molar-refractivity contribution is 0.233. The van der Waals surface area contributed by atoms with Crippen LogP contribution in [0.1, 0.15) is 46.5 Å². The summed E-state index contributed by atoms with van der Waals surface area (Å²) < 4.78 is 0. The van der Waals surface area contributed by atoms with Gasteiger partial charge in [0.15, 0.2) is 0 Å². The van der Waals surface area contributed by atoms with Gasteiger partial charge in [0.1, 0.15) is 0 Å². The lowest BCUT2D eigenvalue weighted by Gasteiger charge is -2.25. The Morgan fingerprint density at radius 1 is 1.31 bits per heavy atom. The van der Waals surface area contributed by atoms with Crippen LogP contribution in [0.4, 0.5) is 0 Å². The molecule has 0 heterocycles. The first-order valence-electron chi connectivity index (χ1n) is 6.70. The van der Waals surface area contributed by atoms with Crippen molar-refractivity contribution >= 4 is 0 Å². The van der Waals surface area contributed by atoms with Crippen LogP contribution in [0.2, 0.25) is 0 Å². The summed E-state index contributed by atoms with van der Waals surface area (Å²) in [4.78, 5) is 2.47. The Bertz CT molecular complexity index is 166. The Morgan fingerprint density at radius 3 is 2.44 bits per heavy atom. The Labute approximate surface area is 102 Å². The van der Waals surface area contributed by atoms with E-state index in [9.17, 15) is 0 Å². The standard InChI is InChI=1S/C14H30N2/c1-5-11-16(13(3)4)12-7-8-14(6-2)9-10-15/h5,13-14H,1,6-12,15H2,2-4H3. The summed E-state index contributed by atoms with van der Waals surface area (Å²) in [5, 5.41) is 0. The van der Waals surface area contributed by atoms with Crippen LogP contribution in [0.5, 0.6) is 0 Å². The minimum atomic E-state index is 0.618. The molecule has 0 aromatic carbocycles. The molecule has 0 aliphatic rings. The van der Waals surface area contributed by atoms with Gasteiger partial charge < -0.3 is 5.73 Å².